The number of rotatable bonds is 4. The third-order valence-electron chi connectivity index (χ3n) is 3.03. The van der Waals surface area contributed by atoms with Crippen LogP contribution in [-0.2, 0) is 17.5 Å². The first kappa shape index (κ1) is 17.3. The van der Waals surface area contributed by atoms with E-state index in [1.807, 2.05) is 27.7 Å². The van der Waals surface area contributed by atoms with Gasteiger partial charge in [-0.05, 0) is 39.8 Å². The zero-order valence-electron chi connectivity index (χ0n) is 12.4. The number of halogens is 3. The molecule has 0 aliphatic carbocycles. The van der Waals surface area contributed by atoms with Crippen molar-refractivity contribution in [2.75, 3.05) is 0 Å². The Hall–Kier alpha value is -1.79. The van der Waals surface area contributed by atoms with Crippen LogP contribution in [0.2, 0.25) is 0 Å². The van der Waals surface area contributed by atoms with Gasteiger partial charge in [-0.1, -0.05) is 0 Å². The largest absolute Gasteiger partial charge is 0.421 e. The molecule has 1 heterocycles. The number of pyridine rings is 1. The van der Waals surface area contributed by atoms with Gasteiger partial charge in [0.1, 0.15) is 12.1 Å². The number of carbonyl (C=O) groups excluding carboxylic acids is 1. The summed E-state index contributed by atoms with van der Waals surface area (Å²) >= 11 is 0. The summed E-state index contributed by atoms with van der Waals surface area (Å²) in [6.45, 7) is 6.85. The zero-order chi connectivity index (χ0) is 16.4. The first-order chi connectivity index (χ1) is 9.55. The van der Waals surface area contributed by atoms with Gasteiger partial charge in [-0.25, -0.2) is 0 Å². The Kier molecular flexibility index (Phi) is 5.20. The Balaban J connectivity index is 3.10. The molecule has 0 saturated carbocycles. The Morgan fingerprint density at radius 1 is 1.24 bits per heavy atom. The van der Waals surface area contributed by atoms with Crippen molar-refractivity contribution < 1.29 is 18.0 Å². The fourth-order valence-corrected chi connectivity index (χ4v) is 2.28. The van der Waals surface area contributed by atoms with E-state index in [1.54, 1.807) is 0 Å². The molecule has 7 heteroatoms. The lowest BCUT2D eigenvalue weighted by Crippen LogP contribution is -2.45. The molecule has 118 valence electrons. The van der Waals surface area contributed by atoms with Crippen molar-refractivity contribution in [3.05, 3.63) is 34.2 Å². The van der Waals surface area contributed by atoms with E-state index in [-0.39, 0.29) is 18.0 Å². The van der Waals surface area contributed by atoms with E-state index in [0.717, 1.165) is 10.6 Å². The smallest absolute Gasteiger partial charge is 0.336 e. The highest BCUT2D eigenvalue weighted by Gasteiger charge is 2.34. The maximum absolute atomic E-state index is 12.7. The minimum Gasteiger partial charge on any atom is -0.336 e. The number of nitrogens with zero attached hydrogens (tertiary/aromatic N) is 2. The van der Waals surface area contributed by atoms with Crippen molar-refractivity contribution in [3.63, 3.8) is 0 Å². The van der Waals surface area contributed by atoms with Gasteiger partial charge in [-0.2, -0.15) is 13.2 Å². The van der Waals surface area contributed by atoms with Crippen LogP contribution in [0.4, 0.5) is 13.2 Å². The van der Waals surface area contributed by atoms with Crippen LogP contribution in [0.15, 0.2) is 23.1 Å². The van der Waals surface area contributed by atoms with E-state index < -0.39 is 23.8 Å². The Labute approximate surface area is 121 Å². The average Bonchev–Trinajstić information content (AvgIpc) is 2.29. The molecule has 0 bridgehead atoms. The molecule has 4 nitrogen and oxygen atoms in total. The van der Waals surface area contributed by atoms with Crippen LogP contribution in [0, 0.1) is 0 Å². The van der Waals surface area contributed by atoms with Crippen molar-refractivity contribution in [2.24, 2.45) is 0 Å². The van der Waals surface area contributed by atoms with Crippen LogP contribution < -0.4 is 5.56 Å². The number of hydrogen-bond donors (Lipinski definition) is 0. The summed E-state index contributed by atoms with van der Waals surface area (Å²) in [6.07, 6.45) is -3.53. The summed E-state index contributed by atoms with van der Waals surface area (Å²) < 4.78 is 38.8. The molecule has 1 aromatic heterocycles. The zero-order valence-corrected chi connectivity index (χ0v) is 12.4. The van der Waals surface area contributed by atoms with Crippen molar-refractivity contribution in [1.29, 1.82) is 0 Å². The molecule has 1 aromatic rings. The molecule has 0 spiro atoms. The predicted octanol–water partition coefficient (Wildman–Crippen LogP) is 2.51. The number of hydrogen-bond acceptors (Lipinski definition) is 2. The first-order valence-electron chi connectivity index (χ1n) is 6.63. The standard InChI is InChI=1S/C14H19F3N2O2/c1-9(2)19(10(3)4)12(20)8-18-7-5-6-11(13(18)21)14(15,16)17/h5-7,9-10H,8H2,1-4H3. The third-order valence-corrected chi connectivity index (χ3v) is 3.03. The minimum absolute atomic E-state index is 0.0981. The molecule has 0 atom stereocenters. The van der Waals surface area contributed by atoms with E-state index in [0.29, 0.717) is 6.07 Å². The summed E-state index contributed by atoms with van der Waals surface area (Å²) in [5, 5.41) is 0. The highest BCUT2D eigenvalue weighted by molar-refractivity contribution is 5.76. The van der Waals surface area contributed by atoms with E-state index in [1.165, 1.54) is 11.1 Å². The summed E-state index contributed by atoms with van der Waals surface area (Å²) in [6, 6.07) is 1.64. The number of alkyl halides is 3. The quantitative estimate of drug-likeness (QED) is 0.858. The maximum Gasteiger partial charge on any atom is 0.421 e. The number of amides is 1. The fraction of sp³-hybridized carbons (Fsp3) is 0.571. The van der Waals surface area contributed by atoms with Gasteiger partial charge in [0.05, 0.1) is 0 Å². The molecular weight excluding hydrogens is 285 g/mol. The van der Waals surface area contributed by atoms with Crippen molar-refractivity contribution in [1.82, 2.24) is 9.47 Å². The lowest BCUT2D eigenvalue weighted by Gasteiger charge is -2.31. The number of carbonyl (C=O) groups is 1. The molecule has 0 aliphatic rings. The summed E-state index contributed by atoms with van der Waals surface area (Å²) in [5.41, 5.74) is -2.47. The van der Waals surface area contributed by atoms with E-state index in [2.05, 4.69) is 0 Å². The van der Waals surface area contributed by atoms with Gasteiger partial charge in [0.2, 0.25) is 5.91 Å². The van der Waals surface area contributed by atoms with Crippen LogP contribution in [-0.4, -0.2) is 27.5 Å². The normalized spacial score (nSPS) is 12.0. The van der Waals surface area contributed by atoms with Gasteiger partial charge in [0.15, 0.2) is 0 Å². The highest BCUT2D eigenvalue weighted by atomic mass is 19.4. The highest BCUT2D eigenvalue weighted by Crippen LogP contribution is 2.25. The van der Waals surface area contributed by atoms with Gasteiger partial charge in [-0.3, -0.25) is 9.59 Å². The summed E-state index contributed by atoms with van der Waals surface area (Å²) in [4.78, 5) is 25.5. The van der Waals surface area contributed by atoms with Crippen LogP contribution in [0.5, 0.6) is 0 Å². The average molecular weight is 304 g/mol. The molecule has 0 fully saturated rings. The molecule has 21 heavy (non-hydrogen) atoms. The maximum atomic E-state index is 12.7. The van der Waals surface area contributed by atoms with Crippen molar-refractivity contribution in [2.45, 2.75) is 52.5 Å². The number of aromatic nitrogens is 1. The molecular formula is C14H19F3N2O2. The van der Waals surface area contributed by atoms with Crippen LogP contribution >= 0.6 is 0 Å². The molecule has 0 radical (unpaired) electrons. The van der Waals surface area contributed by atoms with E-state index in [9.17, 15) is 22.8 Å². The molecule has 1 rings (SSSR count). The fourth-order valence-electron chi connectivity index (χ4n) is 2.28. The van der Waals surface area contributed by atoms with E-state index >= 15 is 0 Å². The van der Waals surface area contributed by atoms with Gasteiger partial charge >= 0.3 is 6.18 Å². The van der Waals surface area contributed by atoms with Gasteiger partial charge < -0.3 is 9.47 Å². The third kappa shape index (κ3) is 4.09. The SMILES string of the molecule is CC(C)N(C(=O)Cn1cccc(C(F)(F)F)c1=O)C(C)C. The van der Waals surface area contributed by atoms with Crippen LogP contribution in [0.1, 0.15) is 33.3 Å². The van der Waals surface area contributed by atoms with Crippen molar-refractivity contribution >= 4 is 5.91 Å². The lowest BCUT2D eigenvalue weighted by molar-refractivity contribution is -0.140. The van der Waals surface area contributed by atoms with E-state index in [4.69, 9.17) is 0 Å². The van der Waals surface area contributed by atoms with Crippen LogP contribution in [0.3, 0.4) is 0 Å². The monoisotopic (exact) mass is 304 g/mol. The Bertz CT molecular complexity index is 554. The molecule has 0 unspecified atom stereocenters. The van der Waals surface area contributed by atoms with Crippen molar-refractivity contribution in [3.8, 4) is 0 Å². The lowest BCUT2D eigenvalue weighted by atomic mass is 10.2. The summed E-state index contributed by atoms with van der Waals surface area (Å²) in [7, 11) is 0. The minimum atomic E-state index is -4.72. The topological polar surface area (TPSA) is 42.3 Å². The van der Waals surface area contributed by atoms with Crippen LogP contribution in [0.25, 0.3) is 0 Å². The van der Waals surface area contributed by atoms with Gasteiger partial charge in [-0.15, -0.1) is 0 Å². The Morgan fingerprint density at radius 3 is 2.19 bits per heavy atom. The molecule has 0 N–H and O–H groups in total. The first-order valence-corrected chi connectivity index (χ1v) is 6.63. The second kappa shape index (κ2) is 6.32. The second-order valence-corrected chi connectivity index (χ2v) is 5.34. The molecule has 1 amide bonds. The van der Waals surface area contributed by atoms with Gasteiger partial charge in [0, 0.05) is 18.3 Å². The summed E-state index contributed by atoms with van der Waals surface area (Å²) in [5.74, 6) is -0.388. The molecule has 0 aromatic carbocycles. The predicted molar refractivity (Wildman–Crippen MR) is 72.8 cm³/mol. The van der Waals surface area contributed by atoms with Gasteiger partial charge in [0.25, 0.3) is 5.56 Å². The Morgan fingerprint density at radius 2 is 1.76 bits per heavy atom. The molecule has 0 aliphatic heterocycles. The second-order valence-electron chi connectivity index (χ2n) is 5.34. The molecule has 0 saturated heterocycles.